The molecule has 1 aromatic carbocycles. The molecule has 0 bridgehead atoms. The first-order chi connectivity index (χ1) is 9.93. The van der Waals surface area contributed by atoms with Gasteiger partial charge in [-0.05, 0) is 12.1 Å². The van der Waals surface area contributed by atoms with Crippen molar-refractivity contribution in [3.05, 3.63) is 34.4 Å². The van der Waals surface area contributed by atoms with E-state index in [1.165, 1.54) is 24.3 Å². The number of benzene rings is 1. The van der Waals surface area contributed by atoms with Crippen molar-refractivity contribution in [3.63, 3.8) is 0 Å². The Labute approximate surface area is 119 Å². The highest BCUT2D eigenvalue weighted by atomic mass is 16.7. The molecular formula is C12H15NO8. The second-order valence-electron chi connectivity index (χ2n) is 4.57. The van der Waals surface area contributed by atoms with Crippen LogP contribution in [-0.2, 0) is 4.74 Å². The van der Waals surface area contributed by atoms with Gasteiger partial charge in [-0.15, -0.1) is 0 Å². The Balaban J connectivity index is 2.08. The van der Waals surface area contributed by atoms with Crippen LogP contribution in [0.15, 0.2) is 24.3 Å². The van der Waals surface area contributed by atoms with E-state index >= 15 is 0 Å². The topological polar surface area (TPSA) is 143 Å². The summed E-state index contributed by atoms with van der Waals surface area (Å²) in [4.78, 5) is 9.95. The molecule has 1 aliphatic heterocycles. The smallest absolute Gasteiger partial charge is 0.269 e. The zero-order valence-corrected chi connectivity index (χ0v) is 10.8. The van der Waals surface area contributed by atoms with Gasteiger partial charge in [-0.3, -0.25) is 10.1 Å². The first-order valence-corrected chi connectivity index (χ1v) is 6.15. The van der Waals surface area contributed by atoms with E-state index in [4.69, 9.17) is 14.6 Å². The maximum atomic E-state index is 10.5. The van der Waals surface area contributed by atoms with Crippen molar-refractivity contribution < 1.29 is 34.8 Å². The van der Waals surface area contributed by atoms with Crippen LogP contribution in [0.2, 0.25) is 0 Å². The fraction of sp³-hybridized carbons (Fsp3) is 0.500. The summed E-state index contributed by atoms with van der Waals surface area (Å²) < 4.78 is 10.4. The Bertz CT molecular complexity index is 491. The van der Waals surface area contributed by atoms with Crippen molar-refractivity contribution in [1.82, 2.24) is 0 Å². The molecule has 0 saturated carbocycles. The number of aliphatic hydroxyl groups is 4. The lowest BCUT2D eigenvalue weighted by Crippen LogP contribution is -2.60. The molecule has 1 aromatic rings. The maximum absolute atomic E-state index is 10.5. The van der Waals surface area contributed by atoms with E-state index in [2.05, 4.69) is 0 Å². The number of hydrogen-bond donors (Lipinski definition) is 4. The molecule has 5 atom stereocenters. The minimum absolute atomic E-state index is 0.129. The first kappa shape index (κ1) is 15.6. The van der Waals surface area contributed by atoms with Gasteiger partial charge in [0.2, 0.25) is 6.29 Å². The molecule has 0 radical (unpaired) electrons. The number of aliphatic hydroxyl groups excluding tert-OH is 4. The molecule has 0 amide bonds. The number of nitro benzene ring substituents is 1. The molecule has 1 saturated heterocycles. The van der Waals surface area contributed by atoms with Gasteiger partial charge < -0.3 is 29.9 Å². The third-order valence-electron chi connectivity index (χ3n) is 3.15. The minimum atomic E-state index is -1.54. The van der Waals surface area contributed by atoms with Gasteiger partial charge >= 0.3 is 0 Å². The molecule has 0 spiro atoms. The fourth-order valence-corrected chi connectivity index (χ4v) is 1.95. The van der Waals surface area contributed by atoms with Gasteiger partial charge in [0.1, 0.15) is 30.2 Å². The third kappa shape index (κ3) is 3.28. The number of nitro groups is 1. The Morgan fingerprint density at radius 2 is 1.76 bits per heavy atom. The normalized spacial score (nSPS) is 32.7. The van der Waals surface area contributed by atoms with E-state index in [0.29, 0.717) is 0 Å². The molecule has 0 aliphatic carbocycles. The van der Waals surface area contributed by atoms with Gasteiger partial charge in [0.25, 0.3) is 5.69 Å². The first-order valence-electron chi connectivity index (χ1n) is 6.15. The molecule has 4 N–H and O–H groups in total. The predicted molar refractivity (Wildman–Crippen MR) is 67.5 cm³/mol. The van der Waals surface area contributed by atoms with Crippen LogP contribution >= 0.6 is 0 Å². The molecule has 1 fully saturated rings. The molecule has 1 aliphatic rings. The van der Waals surface area contributed by atoms with Crippen molar-refractivity contribution in [2.45, 2.75) is 30.7 Å². The summed E-state index contributed by atoms with van der Waals surface area (Å²) in [5, 5.41) is 48.6. The van der Waals surface area contributed by atoms with Crippen molar-refractivity contribution in [2.24, 2.45) is 0 Å². The molecule has 0 aromatic heterocycles. The second-order valence-corrected chi connectivity index (χ2v) is 4.57. The average molecular weight is 301 g/mol. The van der Waals surface area contributed by atoms with E-state index in [1.807, 2.05) is 0 Å². The highest BCUT2D eigenvalue weighted by Crippen LogP contribution is 2.25. The van der Waals surface area contributed by atoms with Crippen LogP contribution in [0.1, 0.15) is 0 Å². The standard InChI is InChI=1S/C12H15NO8/c14-5-8-9(15)10(16)11(17)12(21-8)20-7-3-1-6(2-4-7)13(18)19/h1-4,8-12,14-17H,5H2/t8-,9-,10+,11-,12?/m0/s1. The zero-order valence-electron chi connectivity index (χ0n) is 10.8. The molecule has 9 heteroatoms. The molecule has 2 rings (SSSR count). The van der Waals surface area contributed by atoms with E-state index in [-0.39, 0.29) is 11.4 Å². The van der Waals surface area contributed by atoms with Gasteiger partial charge in [0.15, 0.2) is 0 Å². The Morgan fingerprint density at radius 1 is 1.14 bits per heavy atom. The summed E-state index contributed by atoms with van der Waals surface area (Å²) >= 11 is 0. The predicted octanol–water partition coefficient (Wildman–Crippen LogP) is -1.23. The van der Waals surface area contributed by atoms with Crippen LogP contribution in [-0.4, -0.2) is 62.7 Å². The monoisotopic (exact) mass is 301 g/mol. The molecule has 21 heavy (non-hydrogen) atoms. The average Bonchev–Trinajstić information content (AvgIpc) is 2.48. The van der Waals surface area contributed by atoms with Gasteiger partial charge in [0.05, 0.1) is 11.5 Å². The summed E-state index contributed by atoms with van der Waals surface area (Å²) in [6, 6.07) is 5.03. The van der Waals surface area contributed by atoms with E-state index in [0.717, 1.165) is 0 Å². The van der Waals surface area contributed by atoms with Crippen molar-refractivity contribution >= 4 is 5.69 Å². The Morgan fingerprint density at radius 3 is 2.29 bits per heavy atom. The molecule has 116 valence electrons. The lowest BCUT2D eigenvalue weighted by Gasteiger charge is -2.39. The number of hydrogen-bond acceptors (Lipinski definition) is 8. The summed E-state index contributed by atoms with van der Waals surface area (Å²) in [7, 11) is 0. The highest BCUT2D eigenvalue weighted by molar-refractivity contribution is 5.36. The summed E-state index contributed by atoms with van der Waals surface area (Å²) in [5.41, 5.74) is -0.129. The molecule has 9 nitrogen and oxygen atoms in total. The van der Waals surface area contributed by atoms with Crippen LogP contribution in [0.5, 0.6) is 5.75 Å². The molecule has 1 unspecified atom stereocenters. The maximum Gasteiger partial charge on any atom is 0.269 e. The number of rotatable bonds is 4. The number of ether oxygens (including phenoxy) is 2. The second kappa shape index (κ2) is 6.33. The van der Waals surface area contributed by atoms with Gasteiger partial charge in [-0.25, -0.2) is 0 Å². The van der Waals surface area contributed by atoms with Gasteiger partial charge in [-0.2, -0.15) is 0 Å². The molecule has 1 heterocycles. The lowest BCUT2D eigenvalue weighted by molar-refractivity contribution is -0.384. The van der Waals surface area contributed by atoms with Crippen LogP contribution < -0.4 is 4.74 Å². The quantitative estimate of drug-likeness (QED) is 0.400. The third-order valence-corrected chi connectivity index (χ3v) is 3.15. The van der Waals surface area contributed by atoms with E-state index in [9.17, 15) is 25.4 Å². The van der Waals surface area contributed by atoms with Gasteiger partial charge in [-0.1, -0.05) is 0 Å². The highest BCUT2D eigenvalue weighted by Gasteiger charge is 2.44. The van der Waals surface area contributed by atoms with Crippen LogP contribution in [0.25, 0.3) is 0 Å². The van der Waals surface area contributed by atoms with Crippen LogP contribution in [0.3, 0.4) is 0 Å². The summed E-state index contributed by atoms with van der Waals surface area (Å²) in [5.74, 6) is 0.171. The van der Waals surface area contributed by atoms with E-state index < -0.39 is 42.2 Å². The summed E-state index contributed by atoms with van der Waals surface area (Å²) in [6.45, 7) is -0.564. The van der Waals surface area contributed by atoms with Crippen LogP contribution in [0, 0.1) is 10.1 Å². The van der Waals surface area contributed by atoms with Crippen LogP contribution in [0.4, 0.5) is 5.69 Å². The summed E-state index contributed by atoms with van der Waals surface area (Å²) in [6.07, 6.45) is -6.94. The van der Waals surface area contributed by atoms with Gasteiger partial charge in [0, 0.05) is 12.1 Å². The Hall–Kier alpha value is -1.78. The number of non-ortho nitro benzene ring substituents is 1. The van der Waals surface area contributed by atoms with Crippen molar-refractivity contribution in [2.75, 3.05) is 6.61 Å². The molecular weight excluding hydrogens is 286 g/mol. The number of nitrogens with zero attached hydrogens (tertiary/aromatic N) is 1. The lowest BCUT2D eigenvalue weighted by atomic mass is 9.99. The Kier molecular flexibility index (Phi) is 4.70. The SMILES string of the molecule is O=[N+]([O-])c1ccc(OC2O[C@@H](CO)[C@H](O)[C@@H](O)[C@@H]2O)cc1. The largest absolute Gasteiger partial charge is 0.462 e. The fourth-order valence-electron chi connectivity index (χ4n) is 1.95. The van der Waals surface area contributed by atoms with Crippen molar-refractivity contribution in [3.8, 4) is 5.75 Å². The zero-order chi connectivity index (χ0) is 15.6. The minimum Gasteiger partial charge on any atom is -0.462 e. The van der Waals surface area contributed by atoms with Crippen molar-refractivity contribution in [1.29, 1.82) is 0 Å². The van der Waals surface area contributed by atoms with E-state index in [1.54, 1.807) is 0 Å².